The van der Waals surface area contributed by atoms with Crippen LogP contribution in [-0.2, 0) is 0 Å². The molecule has 2 heteroatoms. The fraction of sp³-hybridized carbons (Fsp3) is 0.400. The minimum absolute atomic E-state index is 0.211. The highest BCUT2D eigenvalue weighted by molar-refractivity contribution is 14.1. The maximum Gasteiger partial charge on any atom is 0.0305 e. The van der Waals surface area contributed by atoms with Gasteiger partial charge in [0.15, 0.2) is 0 Å². The van der Waals surface area contributed by atoms with Gasteiger partial charge in [-0.05, 0) is 40.6 Å². The average Bonchev–Trinajstić information content (AvgIpc) is 2.05. The van der Waals surface area contributed by atoms with Crippen LogP contribution in [0.4, 0.5) is 0 Å². The normalized spacial score (nSPS) is 12.9. The molecule has 1 nitrogen and oxygen atoms in total. The highest BCUT2D eigenvalue weighted by Crippen LogP contribution is 2.20. The van der Waals surface area contributed by atoms with Gasteiger partial charge in [0.1, 0.15) is 0 Å². The molecule has 0 spiro atoms. The molecule has 0 heterocycles. The second-order valence-corrected chi connectivity index (χ2v) is 4.08. The molecule has 1 aromatic carbocycles. The number of hydrogen-bond acceptors (Lipinski definition) is 1. The van der Waals surface area contributed by atoms with Crippen LogP contribution in [0.5, 0.6) is 0 Å². The molecule has 0 saturated carbocycles. The summed E-state index contributed by atoms with van der Waals surface area (Å²) in [5.74, 6) is 0. The summed E-state index contributed by atoms with van der Waals surface area (Å²) in [7, 11) is 0. The van der Waals surface area contributed by atoms with Crippen LogP contribution >= 0.6 is 22.6 Å². The Morgan fingerprint density at radius 3 is 2.67 bits per heavy atom. The quantitative estimate of drug-likeness (QED) is 0.843. The van der Waals surface area contributed by atoms with E-state index in [0.717, 1.165) is 12.8 Å². The van der Waals surface area contributed by atoms with Crippen LogP contribution < -0.4 is 5.73 Å². The van der Waals surface area contributed by atoms with Gasteiger partial charge in [0.25, 0.3) is 0 Å². The standard InChI is InChI=1S/C10H14IN/c1-2-5-10(12)8-6-3-4-7-9(8)11/h3-4,6-7,10H,2,5,12H2,1H3/t10-/m1/s1. The smallest absolute Gasteiger partial charge is 0.0305 e. The summed E-state index contributed by atoms with van der Waals surface area (Å²) < 4.78 is 1.27. The third kappa shape index (κ3) is 2.45. The van der Waals surface area contributed by atoms with Gasteiger partial charge in [0.05, 0.1) is 0 Å². The highest BCUT2D eigenvalue weighted by atomic mass is 127. The van der Waals surface area contributed by atoms with Crippen LogP contribution in [0.3, 0.4) is 0 Å². The van der Waals surface area contributed by atoms with Crippen LogP contribution in [0.1, 0.15) is 31.4 Å². The van der Waals surface area contributed by atoms with Crippen molar-refractivity contribution >= 4 is 22.6 Å². The molecule has 1 aromatic rings. The molecule has 0 bridgehead atoms. The van der Waals surface area contributed by atoms with E-state index >= 15 is 0 Å². The Hall–Kier alpha value is -0.0900. The summed E-state index contributed by atoms with van der Waals surface area (Å²) in [6.07, 6.45) is 2.21. The number of benzene rings is 1. The van der Waals surface area contributed by atoms with Gasteiger partial charge in [-0.2, -0.15) is 0 Å². The largest absolute Gasteiger partial charge is 0.324 e. The van der Waals surface area contributed by atoms with E-state index in [1.165, 1.54) is 9.13 Å². The molecule has 0 saturated heterocycles. The maximum absolute atomic E-state index is 6.00. The Morgan fingerprint density at radius 1 is 1.42 bits per heavy atom. The number of hydrogen-bond donors (Lipinski definition) is 1. The molecule has 0 fully saturated rings. The first kappa shape index (κ1) is 9.99. The molecule has 0 aromatic heterocycles. The zero-order valence-electron chi connectivity index (χ0n) is 7.26. The molecule has 1 rings (SSSR count). The molecule has 1 atom stereocenters. The van der Waals surface area contributed by atoms with Gasteiger partial charge in [-0.3, -0.25) is 0 Å². The van der Waals surface area contributed by atoms with E-state index in [4.69, 9.17) is 5.73 Å². The van der Waals surface area contributed by atoms with Crippen LogP contribution in [0.2, 0.25) is 0 Å². The van der Waals surface area contributed by atoms with Crippen molar-refractivity contribution in [1.29, 1.82) is 0 Å². The Kier molecular flexibility index (Phi) is 4.01. The summed E-state index contributed by atoms with van der Waals surface area (Å²) in [6.45, 7) is 2.16. The molecule has 0 aliphatic heterocycles. The van der Waals surface area contributed by atoms with E-state index in [1.807, 2.05) is 12.1 Å². The van der Waals surface area contributed by atoms with Gasteiger partial charge < -0.3 is 5.73 Å². The Bertz CT molecular complexity index is 247. The lowest BCUT2D eigenvalue weighted by Gasteiger charge is -2.11. The number of nitrogens with two attached hydrogens (primary N) is 1. The first-order valence-electron chi connectivity index (χ1n) is 4.25. The molecule has 0 radical (unpaired) electrons. The van der Waals surface area contributed by atoms with Gasteiger partial charge in [0, 0.05) is 9.61 Å². The van der Waals surface area contributed by atoms with E-state index in [2.05, 4.69) is 41.6 Å². The van der Waals surface area contributed by atoms with E-state index in [9.17, 15) is 0 Å². The SMILES string of the molecule is CCC[C@@H](N)c1ccccc1I. The van der Waals surface area contributed by atoms with Crippen LogP contribution in [0.25, 0.3) is 0 Å². The first-order valence-corrected chi connectivity index (χ1v) is 5.33. The molecule has 0 aliphatic rings. The van der Waals surface area contributed by atoms with Gasteiger partial charge in [-0.1, -0.05) is 31.5 Å². The Morgan fingerprint density at radius 2 is 2.08 bits per heavy atom. The van der Waals surface area contributed by atoms with Crippen molar-refractivity contribution in [3.05, 3.63) is 33.4 Å². The van der Waals surface area contributed by atoms with Crippen LogP contribution in [0, 0.1) is 3.57 Å². The lowest BCUT2D eigenvalue weighted by Crippen LogP contribution is -2.10. The van der Waals surface area contributed by atoms with Gasteiger partial charge in [-0.25, -0.2) is 0 Å². The lowest BCUT2D eigenvalue weighted by atomic mass is 10.0. The second kappa shape index (κ2) is 4.82. The molecule has 0 amide bonds. The maximum atomic E-state index is 6.00. The van der Waals surface area contributed by atoms with Crippen molar-refractivity contribution < 1.29 is 0 Å². The zero-order chi connectivity index (χ0) is 8.97. The third-order valence-electron chi connectivity index (χ3n) is 1.90. The van der Waals surface area contributed by atoms with Crippen LogP contribution in [-0.4, -0.2) is 0 Å². The molecule has 2 N–H and O–H groups in total. The predicted molar refractivity (Wildman–Crippen MR) is 61.0 cm³/mol. The van der Waals surface area contributed by atoms with Crippen molar-refractivity contribution in [2.75, 3.05) is 0 Å². The van der Waals surface area contributed by atoms with Crippen molar-refractivity contribution in [1.82, 2.24) is 0 Å². The predicted octanol–water partition coefficient (Wildman–Crippen LogP) is 3.09. The zero-order valence-corrected chi connectivity index (χ0v) is 9.41. The van der Waals surface area contributed by atoms with E-state index < -0.39 is 0 Å². The fourth-order valence-electron chi connectivity index (χ4n) is 1.24. The third-order valence-corrected chi connectivity index (χ3v) is 2.89. The van der Waals surface area contributed by atoms with E-state index in [1.54, 1.807) is 0 Å². The average molecular weight is 275 g/mol. The molecular weight excluding hydrogens is 261 g/mol. The molecule has 12 heavy (non-hydrogen) atoms. The van der Waals surface area contributed by atoms with Crippen molar-refractivity contribution in [2.24, 2.45) is 5.73 Å². The van der Waals surface area contributed by atoms with Gasteiger partial charge >= 0.3 is 0 Å². The minimum atomic E-state index is 0.211. The summed E-state index contributed by atoms with van der Waals surface area (Å²) in [5, 5.41) is 0. The van der Waals surface area contributed by atoms with E-state index in [-0.39, 0.29) is 6.04 Å². The molecule has 0 aliphatic carbocycles. The summed E-state index contributed by atoms with van der Waals surface area (Å²) in [4.78, 5) is 0. The number of halogens is 1. The van der Waals surface area contributed by atoms with Gasteiger partial charge in [0.2, 0.25) is 0 Å². The number of rotatable bonds is 3. The summed E-state index contributed by atoms with van der Waals surface area (Å²) in [5.41, 5.74) is 7.28. The van der Waals surface area contributed by atoms with Gasteiger partial charge in [-0.15, -0.1) is 0 Å². The van der Waals surface area contributed by atoms with Crippen molar-refractivity contribution in [2.45, 2.75) is 25.8 Å². The van der Waals surface area contributed by atoms with Crippen molar-refractivity contribution in [3.63, 3.8) is 0 Å². The summed E-state index contributed by atoms with van der Waals surface area (Å²) >= 11 is 2.34. The minimum Gasteiger partial charge on any atom is -0.324 e. The second-order valence-electron chi connectivity index (χ2n) is 2.92. The topological polar surface area (TPSA) is 26.0 Å². The van der Waals surface area contributed by atoms with Crippen LogP contribution in [0.15, 0.2) is 24.3 Å². The van der Waals surface area contributed by atoms with E-state index in [0.29, 0.717) is 0 Å². The molecule has 66 valence electrons. The monoisotopic (exact) mass is 275 g/mol. The Labute approximate surface area is 87.5 Å². The first-order chi connectivity index (χ1) is 5.75. The Balaban J connectivity index is 2.79. The summed E-state index contributed by atoms with van der Waals surface area (Å²) in [6, 6.07) is 8.52. The highest BCUT2D eigenvalue weighted by Gasteiger charge is 2.06. The lowest BCUT2D eigenvalue weighted by molar-refractivity contribution is 0.636. The molecule has 0 unspecified atom stereocenters. The fourth-order valence-corrected chi connectivity index (χ4v) is 2.03. The van der Waals surface area contributed by atoms with Crippen molar-refractivity contribution in [3.8, 4) is 0 Å². The molecular formula is C10H14IN.